The van der Waals surface area contributed by atoms with Gasteiger partial charge in [-0.1, -0.05) is 6.92 Å². The Morgan fingerprint density at radius 3 is 2.67 bits per heavy atom. The summed E-state index contributed by atoms with van der Waals surface area (Å²) in [6, 6.07) is 0. The number of hydrogen-bond donors (Lipinski definition) is 0. The molecule has 9 heavy (non-hydrogen) atoms. The number of carbonyl (C=O) groups excluding carboxylic acids is 1. The summed E-state index contributed by atoms with van der Waals surface area (Å²) >= 11 is 0. The van der Waals surface area contributed by atoms with Gasteiger partial charge in [0, 0.05) is 6.42 Å². The minimum Gasteiger partial charge on any atom is -0.431 e. The monoisotopic (exact) mass is 126 g/mol. The number of esters is 1. The minimum absolute atomic E-state index is 0.0659. The summed E-state index contributed by atoms with van der Waals surface area (Å²) in [5.41, 5.74) is 0. The van der Waals surface area contributed by atoms with Crippen LogP contribution < -0.4 is 0 Å². The number of hydrogen-bond acceptors (Lipinski definition) is 2. The zero-order chi connectivity index (χ0) is 6.85. The SMILES string of the molecule is CC=C1CC(C)C(=O)O1. The maximum Gasteiger partial charge on any atom is 0.314 e. The van der Waals surface area contributed by atoms with Gasteiger partial charge in [-0.05, 0) is 13.0 Å². The molecule has 0 bridgehead atoms. The van der Waals surface area contributed by atoms with Crippen molar-refractivity contribution in [2.45, 2.75) is 20.3 Å². The molecule has 1 aliphatic heterocycles. The largest absolute Gasteiger partial charge is 0.431 e. The van der Waals surface area contributed by atoms with E-state index in [1.807, 2.05) is 19.9 Å². The molecule has 1 aliphatic rings. The minimum atomic E-state index is -0.0944. The normalized spacial score (nSPS) is 31.1. The maximum absolute atomic E-state index is 10.7. The molecule has 0 aliphatic carbocycles. The molecule has 0 spiro atoms. The van der Waals surface area contributed by atoms with Crippen molar-refractivity contribution in [1.29, 1.82) is 0 Å². The van der Waals surface area contributed by atoms with Crippen molar-refractivity contribution in [1.82, 2.24) is 0 Å². The summed E-state index contributed by atoms with van der Waals surface area (Å²) in [5, 5.41) is 0. The van der Waals surface area contributed by atoms with Gasteiger partial charge in [-0.15, -0.1) is 0 Å². The molecule has 1 fully saturated rings. The van der Waals surface area contributed by atoms with E-state index in [0.29, 0.717) is 0 Å². The van der Waals surface area contributed by atoms with Crippen molar-refractivity contribution in [2.75, 3.05) is 0 Å². The quantitative estimate of drug-likeness (QED) is 0.459. The van der Waals surface area contributed by atoms with E-state index in [9.17, 15) is 4.79 Å². The Bertz CT molecular complexity index is 158. The average Bonchev–Trinajstić information content (AvgIpc) is 2.13. The van der Waals surface area contributed by atoms with Crippen molar-refractivity contribution in [3.63, 3.8) is 0 Å². The lowest BCUT2D eigenvalue weighted by molar-refractivity contribution is -0.138. The van der Waals surface area contributed by atoms with Crippen LogP contribution in [0.2, 0.25) is 0 Å². The molecule has 0 aromatic carbocycles. The van der Waals surface area contributed by atoms with E-state index in [1.165, 1.54) is 0 Å². The molecule has 0 amide bonds. The van der Waals surface area contributed by atoms with Crippen LogP contribution in [0, 0.1) is 5.92 Å². The molecule has 0 saturated carbocycles. The molecule has 50 valence electrons. The van der Waals surface area contributed by atoms with Crippen LogP contribution >= 0.6 is 0 Å². The van der Waals surface area contributed by atoms with Crippen LogP contribution in [0.15, 0.2) is 11.8 Å². The molecular formula is C7H10O2. The zero-order valence-electron chi connectivity index (χ0n) is 5.68. The van der Waals surface area contributed by atoms with Gasteiger partial charge in [0.15, 0.2) is 0 Å². The summed E-state index contributed by atoms with van der Waals surface area (Å²) < 4.78 is 4.84. The number of cyclic esters (lactones) is 1. The predicted octanol–water partition coefficient (Wildman–Crippen LogP) is 1.47. The van der Waals surface area contributed by atoms with Gasteiger partial charge in [-0.2, -0.15) is 0 Å². The van der Waals surface area contributed by atoms with Crippen LogP contribution in [-0.2, 0) is 9.53 Å². The Kier molecular flexibility index (Phi) is 1.56. The average molecular weight is 126 g/mol. The lowest BCUT2D eigenvalue weighted by Gasteiger charge is -1.89. The second-order valence-corrected chi connectivity index (χ2v) is 2.28. The molecule has 2 heteroatoms. The molecule has 1 rings (SSSR count). The Labute approximate surface area is 54.5 Å². The van der Waals surface area contributed by atoms with Gasteiger partial charge in [-0.25, -0.2) is 0 Å². The van der Waals surface area contributed by atoms with Crippen molar-refractivity contribution in [3.05, 3.63) is 11.8 Å². The van der Waals surface area contributed by atoms with E-state index in [4.69, 9.17) is 4.74 Å². The van der Waals surface area contributed by atoms with Crippen LogP contribution in [0.4, 0.5) is 0 Å². The maximum atomic E-state index is 10.7. The molecule has 2 nitrogen and oxygen atoms in total. The van der Waals surface area contributed by atoms with Crippen molar-refractivity contribution >= 4 is 5.97 Å². The fourth-order valence-corrected chi connectivity index (χ4v) is 0.833. The van der Waals surface area contributed by atoms with Gasteiger partial charge in [0.25, 0.3) is 0 Å². The van der Waals surface area contributed by atoms with E-state index in [0.717, 1.165) is 12.2 Å². The van der Waals surface area contributed by atoms with Crippen LogP contribution in [0.25, 0.3) is 0 Å². The lowest BCUT2D eigenvalue weighted by atomic mass is 10.1. The predicted molar refractivity (Wildman–Crippen MR) is 33.6 cm³/mol. The first kappa shape index (κ1) is 6.33. The molecule has 1 saturated heterocycles. The highest BCUT2D eigenvalue weighted by Gasteiger charge is 2.25. The smallest absolute Gasteiger partial charge is 0.314 e. The van der Waals surface area contributed by atoms with Crippen molar-refractivity contribution in [2.24, 2.45) is 5.92 Å². The molecule has 0 radical (unpaired) electrons. The number of ether oxygens (including phenoxy) is 1. The van der Waals surface area contributed by atoms with Gasteiger partial charge in [0.2, 0.25) is 0 Å². The lowest BCUT2D eigenvalue weighted by Crippen LogP contribution is -2.00. The topological polar surface area (TPSA) is 26.3 Å². The highest BCUT2D eigenvalue weighted by Crippen LogP contribution is 2.22. The van der Waals surface area contributed by atoms with Gasteiger partial charge in [0.1, 0.15) is 5.76 Å². The van der Waals surface area contributed by atoms with Crippen LogP contribution in [0.3, 0.4) is 0 Å². The molecule has 1 atom stereocenters. The number of allylic oxidation sites excluding steroid dienone is 2. The van der Waals surface area contributed by atoms with Crippen molar-refractivity contribution < 1.29 is 9.53 Å². The van der Waals surface area contributed by atoms with Crippen LogP contribution in [0.1, 0.15) is 20.3 Å². The van der Waals surface area contributed by atoms with Crippen LogP contribution in [-0.4, -0.2) is 5.97 Å². The van der Waals surface area contributed by atoms with Gasteiger partial charge in [0.05, 0.1) is 5.92 Å². The second kappa shape index (κ2) is 2.21. The standard InChI is InChI=1S/C7H10O2/c1-3-6-4-5(2)7(8)9-6/h3,5H,4H2,1-2H3. The first-order valence-electron chi connectivity index (χ1n) is 3.11. The first-order chi connectivity index (χ1) is 4.24. The molecule has 0 aromatic rings. The van der Waals surface area contributed by atoms with E-state index < -0.39 is 0 Å². The van der Waals surface area contributed by atoms with Gasteiger partial charge < -0.3 is 4.74 Å². The summed E-state index contributed by atoms with van der Waals surface area (Å²) in [6.45, 7) is 3.75. The molecule has 1 heterocycles. The molecule has 0 N–H and O–H groups in total. The summed E-state index contributed by atoms with van der Waals surface area (Å²) in [5.74, 6) is 0.784. The third kappa shape index (κ3) is 1.12. The van der Waals surface area contributed by atoms with Crippen LogP contribution in [0.5, 0.6) is 0 Å². The fraction of sp³-hybridized carbons (Fsp3) is 0.571. The highest BCUT2D eigenvalue weighted by molar-refractivity contribution is 5.76. The third-order valence-electron chi connectivity index (χ3n) is 1.46. The van der Waals surface area contributed by atoms with E-state index in [2.05, 4.69) is 0 Å². The van der Waals surface area contributed by atoms with E-state index in [-0.39, 0.29) is 11.9 Å². The first-order valence-corrected chi connectivity index (χ1v) is 3.11. The Morgan fingerprint density at radius 2 is 2.44 bits per heavy atom. The summed E-state index contributed by atoms with van der Waals surface area (Å²) in [6.07, 6.45) is 2.61. The molecule has 1 unspecified atom stereocenters. The zero-order valence-corrected chi connectivity index (χ0v) is 5.68. The van der Waals surface area contributed by atoms with Crippen molar-refractivity contribution in [3.8, 4) is 0 Å². The molecule has 0 aromatic heterocycles. The Hall–Kier alpha value is -0.790. The van der Waals surface area contributed by atoms with E-state index in [1.54, 1.807) is 0 Å². The summed E-state index contributed by atoms with van der Waals surface area (Å²) in [4.78, 5) is 10.7. The third-order valence-corrected chi connectivity index (χ3v) is 1.46. The number of rotatable bonds is 0. The second-order valence-electron chi connectivity index (χ2n) is 2.28. The summed E-state index contributed by atoms with van der Waals surface area (Å²) in [7, 11) is 0. The van der Waals surface area contributed by atoms with Gasteiger partial charge >= 0.3 is 5.97 Å². The fourth-order valence-electron chi connectivity index (χ4n) is 0.833. The van der Waals surface area contributed by atoms with Gasteiger partial charge in [-0.3, -0.25) is 4.79 Å². The van der Waals surface area contributed by atoms with E-state index >= 15 is 0 Å². The number of carbonyl (C=O) groups is 1. The Balaban J connectivity index is 2.65. The molecular weight excluding hydrogens is 116 g/mol. The highest BCUT2D eigenvalue weighted by atomic mass is 16.5. The Morgan fingerprint density at radius 1 is 1.78 bits per heavy atom.